The normalized spacial score (nSPS) is 10.3. The van der Waals surface area contributed by atoms with E-state index in [9.17, 15) is 4.79 Å². The molecule has 5 heteroatoms. The van der Waals surface area contributed by atoms with Gasteiger partial charge >= 0.3 is 5.97 Å². The number of hydrogen-bond acceptors (Lipinski definition) is 3. The zero-order valence-corrected chi connectivity index (χ0v) is 10.8. The van der Waals surface area contributed by atoms with Crippen molar-refractivity contribution in [2.45, 2.75) is 9.79 Å². The van der Waals surface area contributed by atoms with E-state index in [1.54, 1.807) is 6.07 Å². The van der Waals surface area contributed by atoms with E-state index in [1.807, 2.05) is 30.3 Å². The van der Waals surface area contributed by atoms with E-state index >= 15 is 0 Å². The van der Waals surface area contributed by atoms with Crippen LogP contribution in [0.25, 0.3) is 0 Å². The predicted octanol–water partition coefficient (Wildman–Crippen LogP) is 3.77. The SMILES string of the molecule is Nc1cc(Cl)c(Sc2ccccc2)c(C(=O)O)c1. The summed E-state index contributed by atoms with van der Waals surface area (Å²) in [4.78, 5) is 12.6. The summed E-state index contributed by atoms with van der Waals surface area (Å²) in [5.74, 6) is -1.04. The maximum atomic E-state index is 11.2. The molecule has 0 amide bonds. The van der Waals surface area contributed by atoms with Crippen molar-refractivity contribution in [2.24, 2.45) is 0 Å². The van der Waals surface area contributed by atoms with Gasteiger partial charge in [-0.1, -0.05) is 41.6 Å². The summed E-state index contributed by atoms with van der Waals surface area (Å²) in [6.45, 7) is 0. The van der Waals surface area contributed by atoms with Crippen LogP contribution >= 0.6 is 23.4 Å². The van der Waals surface area contributed by atoms with Gasteiger partial charge in [0.2, 0.25) is 0 Å². The molecular weight excluding hydrogens is 270 g/mol. The Balaban J connectivity index is 2.47. The molecule has 0 radical (unpaired) electrons. The largest absolute Gasteiger partial charge is 0.478 e. The second kappa shape index (κ2) is 5.33. The molecule has 3 N–H and O–H groups in total. The van der Waals surface area contributed by atoms with Crippen LogP contribution in [0.1, 0.15) is 10.4 Å². The fourth-order valence-corrected chi connectivity index (χ4v) is 2.77. The molecule has 0 saturated carbocycles. The van der Waals surface area contributed by atoms with Crippen LogP contribution in [0, 0.1) is 0 Å². The first-order chi connectivity index (χ1) is 8.58. The van der Waals surface area contributed by atoms with Gasteiger partial charge in [-0.15, -0.1) is 0 Å². The summed E-state index contributed by atoms with van der Waals surface area (Å²) in [5, 5.41) is 9.51. The number of aromatic carboxylic acids is 1. The quantitative estimate of drug-likeness (QED) is 0.840. The van der Waals surface area contributed by atoms with Gasteiger partial charge in [-0.25, -0.2) is 4.79 Å². The van der Waals surface area contributed by atoms with Crippen molar-refractivity contribution in [3.8, 4) is 0 Å². The van der Waals surface area contributed by atoms with Crippen LogP contribution in [-0.2, 0) is 0 Å². The molecule has 18 heavy (non-hydrogen) atoms. The topological polar surface area (TPSA) is 63.3 Å². The van der Waals surface area contributed by atoms with E-state index in [0.717, 1.165) is 4.90 Å². The van der Waals surface area contributed by atoms with Crippen LogP contribution in [0.3, 0.4) is 0 Å². The van der Waals surface area contributed by atoms with Gasteiger partial charge in [0, 0.05) is 15.5 Å². The molecule has 0 aliphatic rings. The highest BCUT2D eigenvalue weighted by molar-refractivity contribution is 7.99. The average Bonchev–Trinajstić information content (AvgIpc) is 2.33. The number of carbonyl (C=O) groups is 1. The Morgan fingerprint density at radius 1 is 1.22 bits per heavy atom. The molecule has 0 aromatic heterocycles. The van der Waals surface area contributed by atoms with Gasteiger partial charge in [-0.3, -0.25) is 0 Å². The first-order valence-corrected chi connectivity index (χ1v) is 6.32. The lowest BCUT2D eigenvalue weighted by molar-refractivity contribution is 0.0693. The Hall–Kier alpha value is -1.65. The van der Waals surface area contributed by atoms with Crippen LogP contribution in [0.5, 0.6) is 0 Å². The minimum Gasteiger partial charge on any atom is -0.478 e. The van der Waals surface area contributed by atoms with Gasteiger partial charge in [0.25, 0.3) is 0 Å². The maximum Gasteiger partial charge on any atom is 0.336 e. The van der Waals surface area contributed by atoms with E-state index in [-0.39, 0.29) is 5.56 Å². The summed E-state index contributed by atoms with van der Waals surface area (Å²) in [5.41, 5.74) is 6.06. The third kappa shape index (κ3) is 2.78. The standard InChI is InChI=1S/C13H10ClNO2S/c14-11-7-8(15)6-10(13(16)17)12(11)18-9-4-2-1-3-5-9/h1-7H,15H2,(H,16,17). The molecule has 0 atom stereocenters. The highest BCUT2D eigenvalue weighted by Crippen LogP contribution is 2.37. The Labute approximate surface area is 114 Å². The molecule has 0 aliphatic carbocycles. The Kier molecular flexibility index (Phi) is 3.79. The van der Waals surface area contributed by atoms with Gasteiger partial charge in [0.05, 0.1) is 10.6 Å². The minimum atomic E-state index is -1.04. The highest BCUT2D eigenvalue weighted by Gasteiger charge is 2.15. The molecule has 0 heterocycles. The van der Waals surface area contributed by atoms with Crippen molar-refractivity contribution >= 4 is 35.0 Å². The number of carboxylic acids is 1. The van der Waals surface area contributed by atoms with Crippen LogP contribution in [0.2, 0.25) is 5.02 Å². The molecule has 0 unspecified atom stereocenters. The van der Waals surface area contributed by atoms with E-state index in [4.69, 9.17) is 22.4 Å². The van der Waals surface area contributed by atoms with E-state index in [0.29, 0.717) is 15.6 Å². The van der Waals surface area contributed by atoms with E-state index < -0.39 is 5.97 Å². The Morgan fingerprint density at radius 3 is 2.50 bits per heavy atom. The lowest BCUT2D eigenvalue weighted by Gasteiger charge is -2.09. The van der Waals surface area contributed by atoms with Gasteiger partial charge in [0.1, 0.15) is 0 Å². The van der Waals surface area contributed by atoms with Crippen LogP contribution in [0.4, 0.5) is 5.69 Å². The lowest BCUT2D eigenvalue weighted by Crippen LogP contribution is -2.01. The summed E-state index contributed by atoms with van der Waals surface area (Å²) >= 11 is 7.37. The van der Waals surface area contributed by atoms with Crippen molar-refractivity contribution < 1.29 is 9.90 Å². The number of nitrogens with two attached hydrogens (primary N) is 1. The second-order valence-corrected chi connectivity index (χ2v) is 5.09. The number of hydrogen-bond donors (Lipinski definition) is 2. The highest BCUT2D eigenvalue weighted by atomic mass is 35.5. The van der Waals surface area contributed by atoms with Gasteiger partial charge in [0.15, 0.2) is 0 Å². The molecule has 2 aromatic rings. The zero-order chi connectivity index (χ0) is 13.1. The lowest BCUT2D eigenvalue weighted by atomic mass is 10.2. The summed E-state index contributed by atoms with van der Waals surface area (Å²) in [6.07, 6.45) is 0. The van der Waals surface area contributed by atoms with Crippen molar-refractivity contribution in [3.05, 3.63) is 53.1 Å². The molecule has 0 fully saturated rings. The summed E-state index contributed by atoms with van der Waals surface area (Å²) < 4.78 is 0. The molecule has 3 nitrogen and oxygen atoms in total. The number of nitrogen functional groups attached to an aromatic ring is 1. The fraction of sp³-hybridized carbons (Fsp3) is 0. The Morgan fingerprint density at radius 2 is 1.89 bits per heavy atom. The molecule has 2 aromatic carbocycles. The monoisotopic (exact) mass is 279 g/mol. The van der Waals surface area contributed by atoms with Crippen molar-refractivity contribution in [1.82, 2.24) is 0 Å². The number of anilines is 1. The summed E-state index contributed by atoms with van der Waals surface area (Å²) in [7, 11) is 0. The fourth-order valence-electron chi connectivity index (χ4n) is 1.48. The molecule has 0 spiro atoms. The zero-order valence-electron chi connectivity index (χ0n) is 9.26. The number of rotatable bonds is 3. The number of halogens is 1. The first kappa shape index (κ1) is 12.8. The van der Waals surface area contributed by atoms with Crippen LogP contribution in [-0.4, -0.2) is 11.1 Å². The van der Waals surface area contributed by atoms with Crippen molar-refractivity contribution in [3.63, 3.8) is 0 Å². The van der Waals surface area contributed by atoms with Crippen molar-refractivity contribution in [1.29, 1.82) is 0 Å². The van der Waals surface area contributed by atoms with E-state index in [1.165, 1.54) is 17.8 Å². The average molecular weight is 280 g/mol. The van der Waals surface area contributed by atoms with E-state index in [2.05, 4.69) is 0 Å². The van der Waals surface area contributed by atoms with Gasteiger partial charge in [-0.05, 0) is 24.3 Å². The predicted molar refractivity (Wildman–Crippen MR) is 73.4 cm³/mol. The third-order valence-electron chi connectivity index (χ3n) is 2.26. The van der Waals surface area contributed by atoms with Gasteiger partial charge in [-0.2, -0.15) is 0 Å². The molecule has 0 bridgehead atoms. The second-order valence-electron chi connectivity index (χ2n) is 3.60. The van der Waals surface area contributed by atoms with Crippen LogP contribution in [0.15, 0.2) is 52.3 Å². The molecular formula is C13H10ClNO2S. The van der Waals surface area contributed by atoms with Crippen LogP contribution < -0.4 is 5.73 Å². The maximum absolute atomic E-state index is 11.2. The molecule has 92 valence electrons. The molecule has 0 saturated heterocycles. The molecule has 2 rings (SSSR count). The van der Waals surface area contributed by atoms with Crippen molar-refractivity contribution in [2.75, 3.05) is 5.73 Å². The molecule has 0 aliphatic heterocycles. The first-order valence-electron chi connectivity index (χ1n) is 5.13. The smallest absolute Gasteiger partial charge is 0.336 e. The van der Waals surface area contributed by atoms with Gasteiger partial charge < -0.3 is 10.8 Å². The Bertz CT molecular complexity index is 587. The summed E-state index contributed by atoms with van der Waals surface area (Å²) in [6, 6.07) is 12.4. The third-order valence-corrected chi connectivity index (χ3v) is 3.82. The number of carboxylic acid groups (broad SMARTS) is 1. The minimum absolute atomic E-state index is 0.119. The number of benzene rings is 2.